The molecule has 0 unspecified atom stereocenters. The number of amides is 2. The number of carbonyl (C=O) groups excluding carboxylic acids is 3. The van der Waals surface area contributed by atoms with E-state index in [4.69, 9.17) is 14.2 Å². The molecule has 0 aromatic carbocycles. The molecule has 144 valence electrons. The van der Waals surface area contributed by atoms with E-state index in [1.54, 1.807) is 41.5 Å². The molecule has 8 heteroatoms. The number of ether oxygens (including phenoxy) is 3. The van der Waals surface area contributed by atoms with E-state index in [9.17, 15) is 14.4 Å². The van der Waals surface area contributed by atoms with Crippen molar-refractivity contribution in [2.24, 2.45) is 5.92 Å². The van der Waals surface area contributed by atoms with Crippen molar-refractivity contribution in [2.75, 3.05) is 20.2 Å². The number of hydrogen-bond acceptors (Lipinski definition) is 6. The molecule has 1 rings (SSSR count). The average molecular weight is 358 g/mol. The fourth-order valence-corrected chi connectivity index (χ4v) is 2.48. The van der Waals surface area contributed by atoms with Crippen LogP contribution in [-0.4, -0.2) is 60.5 Å². The SMILES string of the molecule is COC(=O)[C@@H]1CCN(C(=O)OC(C)(C)C)C[C@H]1NC(=O)OC(C)(C)C. The lowest BCUT2D eigenvalue weighted by Gasteiger charge is -2.38. The monoisotopic (exact) mass is 358 g/mol. The van der Waals surface area contributed by atoms with E-state index >= 15 is 0 Å². The fraction of sp³-hybridized carbons (Fsp3) is 0.824. The molecule has 0 aromatic heterocycles. The highest BCUT2D eigenvalue weighted by atomic mass is 16.6. The van der Waals surface area contributed by atoms with E-state index in [0.29, 0.717) is 13.0 Å². The summed E-state index contributed by atoms with van der Waals surface area (Å²) in [6, 6.07) is -0.608. The first-order valence-electron chi connectivity index (χ1n) is 8.37. The number of alkyl carbamates (subject to hydrolysis) is 1. The zero-order valence-electron chi connectivity index (χ0n) is 16.2. The van der Waals surface area contributed by atoms with Crippen molar-refractivity contribution in [1.82, 2.24) is 10.2 Å². The minimum atomic E-state index is -0.662. The van der Waals surface area contributed by atoms with Crippen molar-refractivity contribution in [3.05, 3.63) is 0 Å². The van der Waals surface area contributed by atoms with E-state index in [2.05, 4.69) is 5.32 Å². The van der Waals surface area contributed by atoms with Crippen LogP contribution in [0.15, 0.2) is 0 Å². The van der Waals surface area contributed by atoms with Gasteiger partial charge in [0.2, 0.25) is 0 Å². The van der Waals surface area contributed by atoms with Gasteiger partial charge in [0.05, 0.1) is 19.1 Å². The summed E-state index contributed by atoms with van der Waals surface area (Å²) >= 11 is 0. The predicted octanol–water partition coefficient (Wildman–Crippen LogP) is 2.31. The first-order valence-corrected chi connectivity index (χ1v) is 8.37. The molecule has 0 saturated carbocycles. The lowest BCUT2D eigenvalue weighted by Crippen LogP contribution is -2.57. The van der Waals surface area contributed by atoms with Crippen molar-refractivity contribution >= 4 is 18.2 Å². The Labute approximate surface area is 149 Å². The normalized spacial score (nSPS) is 21.3. The Kier molecular flexibility index (Phi) is 6.68. The van der Waals surface area contributed by atoms with E-state index < -0.39 is 41.3 Å². The third-order valence-electron chi connectivity index (χ3n) is 3.47. The molecular formula is C17H30N2O6. The highest BCUT2D eigenvalue weighted by molar-refractivity contribution is 5.76. The quantitative estimate of drug-likeness (QED) is 0.601. The number of methoxy groups -OCH3 is 1. The topological polar surface area (TPSA) is 94.2 Å². The first kappa shape index (κ1) is 21.1. The van der Waals surface area contributed by atoms with Crippen molar-refractivity contribution in [3.63, 3.8) is 0 Å². The molecule has 0 spiro atoms. The molecule has 25 heavy (non-hydrogen) atoms. The molecular weight excluding hydrogens is 328 g/mol. The summed E-state index contributed by atoms with van der Waals surface area (Å²) in [6.45, 7) is 11.1. The number of nitrogens with zero attached hydrogens (tertiary/aromatic N) is 1. The van der Waals surface area contributed by atoms with E-state index in [1.165, 1.54) is 12.0 Å². The summed E-state index contributed by atoms with van der Waals surface area (Å²) in [4.78, 5) is 37.8. The molecule has 0 aliphatic carbocycles. The highest BCUT2D eigenvalue weighted by Gasteiger charge is 2.39. The van der Waals surface area contributed by atoms with Crippen LogP contribution in [-0.2, 0) is 19.0 Å². The molecule has 1 aliphatic rings. The number of esters is 1. The van der Waals surface area contributed by atoms with Gasteiger partial charge in [0.1, 0.15) is 11.2 Å². The number of piperidine rings is 1. The Morgan fingerprint density at radius 3 is 2.04 bits per heavy atom. The largest absolute Gasteiger partial charge is 0.469 e. The van der Waals surface area contributed by atoms with Gasteiger partial charge < -0.3 is 24.4 Å². The Morgan fingerprint density at radius 2 is 1.56 bits per heavy atom. The van der Waals surface area contributed by atoms with Crippen LogP contribution in [0.5, 0.6) is 0 Å². The number of rotatable bonds is 2. The van der Waals surface area contributed by atoms with Crippen LogP contribution in [0.2, 0.25) is 0 Å². The smallest absolute Gasteiger partial charge is 0.410 e. The zero-order chi connectivity index (χ0) is 19.4. The van der Waals surface area contributed by atoms with Crippen LogP contribution in [0.3, 0.4) is 0 Å². The van der Waals surface area contributed by atoms with Gasteiger partial charge in [-0.3, -0.25) is 4.79 Å². The van der Waals surface area contributed by atoms with Gasteiger partial charge in [0.15, 0.2) is 0 Å². The summed E-state index contributed by atoms with van der Waals surface area (Å²) in [5, 5.41) is 2.68. The summed E-state index contributed by atoms with van der Waals surface area (Å²) in [5.41, 5.74) is -1.28. The van der Waals surface area contributed by atoms with Crippen LogP contribution in [0.4, 0.5) is 9.59 Å². The van der Waals surface area contributed by atoms with Crippen molar-refractivity contribution in [1.29, 1.82) is 0 Å². The number of nitrogens with one attached hydrogen (secondary N) is 1. The molecule has 1 N–H and O–H groups in total. The summed E-state index contributed by atoms with van der Waals surface area (Å²) in [7, 11) is 1.30. The molecule has 0 radical (unpaired) electrons. The number of likely N-dealkylation sites (tertiary alicyclic amines) is 1. The van der Waals surface area contributed by atoms with Crippen LogP contribution >= 0.6 is 0 Å². The summed E-state index contributed by atoms with van der Waals surface area (Å²) in [6.07, 6.45) is -0.754. The van der Waals surface area contributed by atoms with Gasteiger partial charge in [-0.05, 0) is 48.0 Å². The minimum absolute atomic E-state index is 0.147. The van der Waals surface area contributed by atoms with Gasteiger partial charge in [0, 0.05) is 13.1 Å². The maximum absolute atomic E-state index is 12.3. The average Bonchev–Trinajstić information content (AvgIpc) is 2.42. The van der Waals surface area contributed by atoms with Crippen molar-refractivity contribution < 1.29 is 28.6 Å². The third kappa shape index (κ3) is 7.19. The van der Waals surface area contributed by atoms with Gasteiger partial charge in [0.25, 0.3) is 0 Å². The molecule has 1 fully saturated rings. The third-order valence-corrected chi connectivity index (χ3v) is 3.47. The van der Waals surface area contributed by atoms with Crippen LogP contribution in [0.25, 0.3) is 0 Å². The molecule has 1 aliphatic heterocycles. The van der Waals surface area contributed by atoms with Crippen molar-refractivity contribution in [2.45, 2.75) is 65.2 Å². The predicted molar refractivity (Wildman–Crippen MR) is 91.1 cm³/mol. The second-order valence-corrected chi connectivity index (χ2v) is 8.10. The molecule has 2 amide bonds. The second-order valence-electron chi connectivity index (χ2n) is 8.10. The summed E-state index contributed by atoms with van der Waals surface area (Å²) in [5.74, 6) is -0.971. The lowest BCUT2D eigenvalue weighted by atomic mass is 9.92. The van der Waals surface area contributed by atoms with Crippen molar-refractivity contribution in [3.8, 4) is 0 Å². The molecule has 8 nitrogen and oxygen atoms in total. The minimum Gasteiger partial charge on any atom is -0.469 e. The standard InChI is InChI=1S/C17H30N2O6/c1-16(2,3)24-14(21)18-12-10-19(15(22)25-17(4,5)6)9-8-11(12)13(20)23-7/h11-12H,8-10H2,1-7H3,(H,18,21)/t11-,12-/m1/s1. The van der Waals surface area contributed by atoms with Gasteiger partial charge in [-0.2, -0.15) is 0 Å². The molecule has 1 saturated heterocycles. The molecule has 1 heterocycles. The second kappa shape index (κ2) is 7.93. The van der Waals surface area contributed by atoms with Gasteiger partial charge in [-0.15, -0.1) is 0 Å². The van der Waals surface area contributed by atoms with E-state index in [-0.39, 0.29) is 6.54 Å². The Bertz CT molecular complexity index is 506. The number of hydrogen-bond donors (Lipinski definition) is 1. The van der Waals surface area contributed by atoms with Gasteiger partial charge in [-0.25, -0.2) is 9.59 Å². The number of carbonyl (C=O) groups is 3. The Balaban J connectivity index is 2.83. The zero-order valence-corrected chi connectivity index (χ0v) is 16.2. The summed E-state index contributed by atoms with van der Waals surface area (Å²) < 4.78 is 15.4. The fourth-order valence-electron chi connectivity index (χ4n) is 2.48. The molecule has 0 bridgehead atoms. The molecule has 0 aromatic rings. The Hall–Kier alpha value is -1.99. The Morgan fingerprint density at radius 1 is 1.00 bits per heavy atom. The van der Waals surface area contributed by atoms with E-state index in [0.717, 1.165) is 0 Å². The van der Waals surface area contributed by atoms with Crippen LogP contribution < -0.4 is 5.32 Å². The van der Waals surface area contributed by atoms with Crippen LogP contribution in [0.1, 0.15) is 48.0 Å². The maximum Gasteiger partial charge on any atom is 0.410 e. The lowest BCUT2D eigenvalue weighted by molar-refractivity contribution is -0.148. The highest BCUT2D eigenvalue weighted by Crippen LogP contribution is 2.22. The van der Waals surface area contributed by atoms with Crippen LogP contribution in [0, 0.1) is 5.92 Å². The molecule has 2 atom stereocenters. The maximum atomic E-state index is 12.3. The van der Waals surface area contributed by atoms with E-state index in [1.807, 2.05) is 0 Å². The van der Waals surface area contributed by atoms with Gasteiger partial charge >= 0.3 is 18.2 Å². The first-order chi connectivity index (χ1) is 11.3. The van der Waals surface area contributed by atoms with Gasteiger partial charge in [-0.1, -0.05) is 0 Å².